The fraction of sp³-hybridized carbons (Fsp3) is 0.562. The molecule has 124 valence electrons. The van der Waals surface area contributed by atoms with Crippen LogP contribution in [0.15, 0.2) is 30.3 Å². The first-order chi connectivity index (χ1) is 10.2. The van der Waals surface area contributed by atoms with E-state index in [2.05, 4.69) is 5.32 Å². The second-order valence-electron chi connectivity index (χ2n) is 5.56. The molecule has 0 saturated carbocycles. The van der Waals surface area contributed by atoms with Crippen LogP contribution >= 0.6 is 12.4 Å². The van der Waals surface area contributed by atoms with Crippen molar-refractivity contribution in [3.05, 3.63) is 35.9 Å². The predicted octanol–water partition coefficient (Wildman–Crippen LogP) is 1.05. The Kier molecular flexibility index (Phi) is 8.42. The maximum Gasteiger partial charge on any atom is 0.226 e. The summed E-state index contributed by atoms with van der Waals surface area (Å²) in [5.41, 5.74) is 1.08. The quantitative estimate of drug-likeness (QED) is 0.785. The van der Waals surface area contributed by atoms with Crippen molar-refractivity contribution in [2.24, 2.45) is 5.92 Å². The minimum absolute atomic E-state index is 0. The Morgan fingerprint density at radius 3 is 2.82 bits per heavy atom. The largest absolute Gasteiger partial charge is 0.389 e. The molecule has 1 aromatic rings. The first-order valence-corrected chi connectivity index (χ1v) is 7.42. The van der Waals surface area contributed by atoms with Crippen molar-refractivity contribution in [3.63, 3.8) is 0 Å². The fourth-order valence-corrected chi connectivity index (χ4v) is 2.52. The van der Waals surface area contributed by atoms with E-state index < -0.39 is 6.10 Å². The average Bonchev–Trinajstić information content (AvgIpc) is 3.01. The highest BCUT2D eigenvalue weighted by molar-refractivity contribution is 5.85. The van der Waals surface area contributed by atoms with Crippen molar-refractivity contribution in [1.29, 1.82) is 0 Å². The van der Waals surface area contributed by atoms with Crippen LogP contribution in [0.5, 0.6) is 0 Å². The zero-order chi connectivity index (χ0) is 15.1. The molecule has 1 heterocycles. The van der Waals surface area contributed by atoms with Crippen LogP contribution in [-0.2, 0) is 16.1 Å². The smallest absolute Gasteiger partial charge is 0.226 e. The highest BCUT2D eigenvalue weighted by Gasteiger charge is 2.26. The minimum Gasteiger partial charge on any atom is -0.389 e. The highest BCUT2D eigenvalue weighted by Crippen LogP contribution is 2.11. The number of aliphatic hydroxyl groups is 1. The zero-order valence-electron chi connectivity index (χ0n) is 12.9. The Labute approximate surface area is 138 Å². The van der Waals surface area contributed by atoms with Gasteiger partial charge in [-0.05, 0) is 18.5 Å². The molecule has 1 aromatic carbocycles. The van der Waals surface area contributed by atoms with Gasteiger partial charge in [0.2, 0.25) is 5.91 Å². The molecule has 1 aliphatic heterocycles. The molecule has 1 amide bonds. The van der Waals surface area contributed by atoms with Gasteiger partial charge in [0.05, 0.1) is 25.2 Å². The van der Waals surface area contributed by atoms with Crippen molar-refractivity contribution < 1.29 is 14.6 Å². The third-order valence-electron chi connectivity index (χ3n) is 3.69. The van der Waals surface area contributed by atoms with E-state index in [0.717, 1.165) is 25.1 Å². The number of rotatable bonds is 7. The van der Waals surface area contributed by atoms with Gasteiger partial charge in [-0.25, -0.2) is 0 Å². The molecule has 5 nitrogen and oxygen atoms in total. The van der Waals surface area contributed by atoms with Gasteiger partial charge in [-0.1, -0.05) is 30.3 Å². The van der Waals surface area contributed by atoms with E-state index in [0.29, 0.717) is 13.2 Å². The number of aliphatic hydroxyl groups excluding tert-OH is 1. The van der Waals surface area contributed by atoms with Crippen LogP contribution in [-0.4, -0.2) is 55.3 Å². The van der Waals surface area contributed by atoms with Crippen molar-refractivity contribution >= 4 is 18.3 Å². The second-order valence-corrected chi connectivity index (χ2v) is 5.56. The van der Waals surface area contributed by atoms with E-state index in [-0.39, 0.29) is 30.8 Å². The molecule has 2 rings (SSSR count). The molecular formula is C16H25ClN2O3. The molecule has 0 bridgehead atoms. The van der Waals surface area contributed by atoms with Gasteiger partial charge < -0.3 is 20.1 Å². The summed E-state index contributed by atoms with van der Waals surface area (Å²) in [4.78, 5) is 13.7. The van der Waals surface area contributed by atoms with Crippen LogP contribution < -0.4 is 5.32 Å². The lowest BCUT2D eigenvalue weighted by Crippen LogP contribution is -2.40. The number of ether oxygens (including phenoxy) is 1. The molecular weight excluding hydrogens is 304 g/mol. The van der Waals surface area contributed by atoms with Gasteiger partial charge in [0.25, 0.3) is 0 Å². The Morgan fingerprint density at radius 1 is 1.45 bits per heavy atom. The number of halogens is 1. The van der Waals surface area contributed by atoms with Crippen LogP contribution in [0.25, 0.3) is 0 Å². The van der Waals surface area contributed by atoms with E-state index in [1.807, 2.05) is 30.3 Å². The molecule has 22 heavy (non-hydrogen) atoms. The van der Waals surface area contributed by atoms with Crippen molar-refractivity contribution in [2.75, 3.05) is 33.3 Å². The van der Waals surface area contributed by atoms with E-state index in [9.17, 15) is 9.90 Å². The summed E-state index contributed by atoms with van der Waals surface area (Å²) >= 11 is 0. The van der Waals surface area contributed by atoms with Gasteiger partial charge in [0.15, 0.2) is 0 Å². The van der Waals surface area contributed by atoms with E-state index in [1.54, 1.807) is 11.9 Å². The summed E-state index contributed by atoms with van der Waals surface area (Å²) in [6.07, 6.45) is 0.223. The first-order valence-electron chi connectivity index (χ1n) is 7.42. The van der Waals surface area contributed by atoms with Crippen LogP contribution in [0.1, 0.15) is 12.0 Å². The Morgan fingerprint density at radius 2 is 2.18 bits per heavy atom. The summed E-state index contributed by atoms with van der Waals surface area (Å²) in [6, 6.07) is 9.83. The minimum atomic E-state index is -0.656. The number of nitrogens with one attached hydrogen (secondary N) is 1. The molecule has 2 atom stereocenters. The van der Waals surface area contributed by atoms with Crippen LogP contribution in [0, 0.1) is 5.92 Å². The summed E-state index contributed by atoms with van der Waals surface area (Å²) in [5, 5.41) is 13.1. The van der Waals surface area contributed by atoms with Crippen LogP contribution in [0.4, 0.5) is 0 Å². The van der Waals surface area contributed by atoms with E-state index in [4.69, 9.17) is 4.74 Å². The Balaban J connectivity index is 0.00000242. The molecule has 0 spiro atoms. The topological polar surface area (TPSA) is 61.8 Å². The Hall–Kier alpha value is -1.14. The number of hydrogen-bond donors (Lipinski definition) is 2. The first kappa shape index (κ1) is 18.9. The predicted molar refractivity (Wildman–Crippen MR) is 88.0 cm³/mol. The maximum absolute atomic E-state index is 12.1. The summed E-state index contributed by atoms with van der Waals surface area (Å²) in [5.74, 6) is 0.148. The molecule has 2 unspecified atom stereocenters. The number of nitrogens with zero attached hydrogens (tertiary/aromatic N) is 1. The number of carbonyl (C=O) groups excluding carboxylic acids is 1. The number of carbonyl (C=O) groups is 1. The Bertz CT molecular complexity index is 438. The van der Waals surface area contributed by atoms with E-state index in [1.165, 1.54) is 0 Å². The standard InChI is InChI=1S/C16H24N2O3.ClH/c1-18(16(20)14-7-8-17-9-14)10-15(19)12-21-11-13-5-3-2-4-6-13;/h2-6,14-15,17,19H,7-12H2,1H3;1H. The molecule has 0 radical (unpaired) electrons. The number of benzene rings is 1. The van der Waals surface area contributed by atoms with Gasteiger partial charge in [0.1, 0.15) is 0 Å². The molecule has 1 aliphatic rings. The molecule has 1 fully saturated rings. The highest BCUT2D eigenvalue weighted by atomic mass is 35.5. The van der Waals surface area contributed by atoms with Crippen molar-refractivity contribution in [1.82, 2.24) is 10.2 Å². The zero-order valence-corrected chi connectivity index (χ0v) is 13.7. The molecule has 6 heteroatoms. The normalized spacial score (nSPS) is 18.5. The number of likely N-dealkylation sites (N-methyl/N-ethyl adjacent to an activating group) is 1. The molecule has 2 N–H and O–H groups in total. The van der Waals surface area contributed by atoms with Crippen molar-refractivity contribution in [3.8, 4) is 0 Å². The van der Waals surface area contributed by atoms with Crippen LogP contribution in [0.2, 0.25) is 0 Å². The summed E-state index contributed by atoms with van der Waals surface area (Å²) in [7, 11) is 1.74. The second kappa shape index (κ2) is 9.79. The van der Waals surface area contributed by atoms with E-state index >= 15 is 0 Å². The van der Waals surface area contributed by atoms with Crippen LogP contribution in [0.3, 0.4) is 0 Å². The fourth-order valence-electron chi connectivity index (χ4n) is 2.52. The summed E-state index contributed by atoms with van der Waals surface area (Å²) < 4.78 is 5.49. The molecule has 1 saturated heterocycles. The lowest BCUT2D eigenvalue weighted by atomic mass is 10.1. The number of hydrogen-bond acceptors (Lipinski definition) is 4. The lowest BCUT2D eigenvalue weighted by molar-refractivity contribution is -0.135. The average molecular weight is 329 g/mol. The number of amides is 1. The maximum atomic E-state index is 12.1. The third-order valence-corrected chi connectivity index (χ3v) is 3.69. The monoisotopic (exact) mass is 328 g/mol. The molecule has 0 aromatic heterocycles. The van der Waals surface area contributed by atoms with Gasteiger partial charge in [-0.15, -0.1) is 12.4 Å². The van der Waals surface area contributed by atoms with Gasteiger partial charge in [-0.3, -0.25) is 4.79 Å². The van der Waals surface area contributed by atoms with Crippen molar-refractivity contribution in [2.45, 2.75) is 19.1 Å². The van der Waals surface area contributed by atoms with Gasteiger partial charge in [-0.2, -0.15) is 0 Å². The third kappa shape index (κ3) is 5.93. The molecule has 0 aliphatic carbocycles. The van der Waals surface area contributed by atoms with Gasteiger partial charge >= 0.3 is 0 Å². The SMILES string of the molecule is CN(CC(O)COCc1ccccc1)C(=O)C1CCNC1.Cl. The lowest BCUT2D eigenvalue weighted by Gasteiger charge is -2.23. The summed E-state index contributed by atoms with van der Waals surface area (Å²) in [6.45, 7) is 2.65. The van der Waals surface area contributed by atoms with Gasteiger partial charge in [0, 0.05) is 20.1 Å².